The predicted molar refractivity (Wildman–Crippen MR) is 82.7 cm³/mol. The maximum absolute atomic E-state index is 9.79. The smallest absolute Gasteiger partial charge is 0.121 e. The van der Waals surface area contributed by atoms with Gasteiger partial charge in [0.15, 0.2) is 0 Å². The van der Waals surface area contributed by atoms with Gasteiger partial charge in [0.2, 0.25) is 0 Å². The lowest BCUT2D eigenvalue weighted by Crippen LogP contribution is -2.06. The summed E-state index contributed by atoms with van der Waals surface area (Å²) < 4.78 is 0. The van der Waals surface area contributed by atoms with E-state index in [0.717, 1.165) is 22.3 Å². The van der Waals surface area contributed by atoms with E-state index in [1.807, 2.05) is 52.0 Å². The minimum absolute atomic E-state index is 0.381. The van der Waals surface area contributed by atoms with Crippen molar-refractivity contribution in [3.05, 3.63) is 46.5 Å². The summed E-state index contributed by atoms with van der Waals surface area (Å²) >= 11 is 0. The van der Waals surface area contributed by atoms with Crippen molar-refractivity contribution >= 4 is 19.2 Å². The van der Waals surface area contributed by atoms with Gasteiger partial charge in [-0.3, -0.25) is 0 Å². The van der Waals surface area contributed by atoms with Gasteiger partial charge >= 0.3 is 0 Å². The molecule has 0 bridgehead atoms. The van der Waals surface area contributed by atoms with Crippen LogP contribution in [0.4, 0.5) is 0 Å². The van der Waals surface area contributed by atoms with Crippen molar-refractivity contribution in [1.29, 1.82) is 0 Å². The Morgan fingerprint density at radius 3 is 1.16 bits per heavy atom. The van der Waals surface area contributed by atoms with Crippen LogP contribution in [-0.2, 0) is 0 Å². The van der Waals surface area contributed by atoms with E-state index in [0.29, 0.717) is 20.1 Å². The van der Waals surface area contributed by atoms with Crippen molar-refractivity contribution in [2.75, 3.05) is 0 Å². The average Bonchev–Trinajstić information content (AvgIpc) is 2.33. The minimum atomic E-state index is 0.381. The third-order valence-corrected chi connectivity index (χ3v) is 4.43. The standard InChI is InChI=1S/C16H19O2P/c1-9-5-13(6-10(2)15(9)17)19-14-7-11(3)16(18)12(4)8-14/h5-8,17-19H,1-4H3. The van der Waals surface area contributed by atoms with E-state index in [1.54, 1.807) is 0 Å². The molecule has 2 rings (SSSR count). The molecule has 0 unspecified atom stereocenters. The number of aromatic hydroxyl groups is 2. The summed E-state index contributed by atoms with van der Waals surface area (Å²) in [6.45, 7) is 7.68. The summed E-state index contributed by atoms with van der Waals surface area (Å²) in [5.41, 5.74) is 3.65. The first-order valence-electron chi connectivity index (χ1n) is 6.26. The minimum Gasteiger partial charge on any atom is -0.507 e. The largest absolute Gasteiger partial charge is 0.507 e. The zero-order valence-electron chi connectivity index (χ0n) is 11.7. The van der Waals surface area contributed by atoms with Crippen LogP contribution in [0.3, 0.4) is 0 Å². The van der Waals surface area contributed by atoms with Crippen molar-refractivity contribution in [2.24, 2.45) is 0 Å². The Labute approximate surface area is 115 Å². The van der Waals surface area contributed by atoms with Crippen molar-refractivity contribution in [3.8, 4) is 11.5 Å². The van der Waals surface area contributed by atoms with Crippen LogP contribution < -0.4 is 10.6 Å². The number of aryl methyl sites for hydroxylation is 4. The van der Waals surface area contributed by atoms with Gasteiger partial charge in [0.05, 0.1) is 0 Å². The van der Waals surface area contributed by atoms with Gasteiger partial charge in [-0.05, 0) is 84.8 Å². The van der Waals surface area contributed by atoms with E-state index < -0.39 is 0 Å². The Morgan fingerprint density at radius 1 is 0.632 bits per heavy atom. The molecule has 3 heteroatoms. The van der Waals surface area contributed by atoms with E-state index in [-0.39, 0.29) is 0 Å². The number of phenols is 2. The van der Waals surface area contributed by atoms with Gasteiger partial charge in [0.25, 0.3) is 0 Å². The highest BCUT2D eigenvalue weighted by atomic mass is 31.1. The molecule has 0 aromatic heterocycles. The fourth-order valence-corrected chi connectivity index (χ4v) is 3.71. The van der Waals surface area contributed by atoms with Crippen LogP contribution in [0.5, 0.6) is 11.5 Å². The van der Waals surface area contributed by atoms with Gasteiger partial charge in [-0.15, -0.1) is 0 Å². The van der Waals surface area contributed by atoms with Gasteiger partial charge in [-0.25, -0.2) is 0 Å². The molecule has 0 amide bonds. The molecule has 2 nitrogen and oxygen atoms in total. The first kappa shape index (κ1) is 13.9. The Bertz CT molecular complexity index is 531. The van der Waals surface area contributed by atoms with Crippen LogP contribution in [0, 0.1) is 27.7 Å². The Hall–Kier alpha value is -1.53. The van der Waals surface area contributed by atoms with Gasteiger partial charge in [-0.1, -0.05) is 8.58 Å². The summed E-state index contributed by atoms with van der Waals surface area (Å²) in [4.78, 5) is 0. The highest BCUT2D eigenvalue weighted by Crippen LogP contribution is 2.25. The Kier molecular flexibility index (Phi) is 3.82. The summed E-state index contributed by atoms with van der Waals surface area (Å²) in [5, 5.41) is 22.0. The molecule has 2 aromatic rings. The summed E-state index contributed by atoms with van der Waals surface area (Å²) in [7, 11) is 0.533. The lowest BCUT2D eigenvalue weighted by atomic mass is 10.1. The lowest BCUT2D eigenvalue weighted by Gasteiger charge is -2.10. The van der Waals surface area contributed by atoms with Crippen molar-refractivity contribution in [3.63, 3.8) is 0 Å². The van der Waals surface area contributed by atoms with Crippen LogP contribution in [0.2, 0.25) is 0 Å². The molecule has 100 valence electrons. The molecule has 0 aliphatic heterocycles. The number of hydrogen-bond donors (Lipinski definition) is 2. The number of phenolic OH excluding ortho intramolecular Hbond substituents is 2. The SMILES string of the molecule is Cc1cc(Pc2cc(C)c(O)c(C)c2)cc(C)c1O. The monoisotopic (exact) mass is 274 g/mol. The fraction of sp³-hybridized carbons (Fsp3) is 0.250. The molecule has 2 N–H and O–H groups in total. The maximum Gasteiger partial charge on any atom is 0.121 e. The summed E-state index contributed by atoms with van der Waals surface area (Å²) in [5.74, 6) is 0.762. The van der Waals surface area contributed by atoms with E-state index >= 15 is 0 Å². The van der Waals surface area contributed by atoms with E-state index in [9.17, 15) is 10.2 Å². The maximum atomic E-state index is 9.79. The lowest BCUT2D eigenvalue weighted by molar-refractivity contribution is 0.467. The molecule has 0 saturated heterocycles. The molecule has 0 fully saturated rings. The van der Waals surface area contributed by atoms with Crippen molar-refractivity contribution in [1.82, 2.24) is 0 Å². The van der Waals surface area contributed by atoms with Crippen LogP contribution in [0.25, 0.3) is 0 Å². The van der Waals surface area contributed by atoms with Crippen LogP contribution in [0.1, 0.15) is 22.3 Å². The second kappa shape index (κ2) is 5.22. The van der Waals surface area contributed by atoms with E-state index in [4.69, 9.17) is 0 Å². The molecule has 2 aromatic carbocycles. The van der Waals surface area contributed by atoms with Gasteiger partial charge < -0.3 is 10.2 Å². The zero-order chi connectivity index (χ0) is 14.2. The second-order valence-electron chi connectivity index (χ2n) is 5.04. The zero-order valence-corrected chi connectivity index (χ0v) is 12.7. The third-order valence-electron chi connectivity index (χ3n) is 3.27. The van der Waals surface area contributed by atoms with E-state index in [2.05, 4.69) is 0 Å². The fourth-order valence-electron chi connectivity index (χ4n) is 2.22. The Balaban J connectivity index is 2.36. The first-order chi connectivity index (χ1) is 8.88. The van der Waals surface area contributed by atoms with Crippen molar-refractivity contribution < 1.29 is 10.2 Å². The van der Waals surface area contributed by atoms with Crippen LogP contribution in [0.15, 0.2) is 24.3 Å². The number of benzene rings is 2. The Morgan fingerprint density at radius 2 is 0.895 bits per heavy atom. The predicted octanol–water partition coefficient (Wildman–Crippen LogP) is 2.96. The molecule has 0 radical (unpaired) electrons. The number of rotatable bonds is 2. The molecule has 19 heavy (non-hydrogen) atoms. The normalized spacial score (nSPS) is 10.7. The summed E-state index contributed by atoms with van der Waals surface area (Å²) in [6.07, 6.45) is 0. The molecule has 0 saturated carbocycles. The molecular formula is C16H19O2P. The average molecular weight is 274 g/mol. The van der Waals surface area contributed by atoms with Gasteiger partial charge in [0.1, 0.15) is 11.5 Å². The number of hydrogen-bond acceptors (Lipinski definition) is 2. The highest BCUT2D eigenvalue weighted by molar-refractivity contribution is 7.55. The molecule has 0 aliphatic carbocycles. The molecule has 0 spiro atoms. The van der Waals surface area contributed by atoms with Crippen molar-refractivity contribution in [2.45, 2.75) is 27.7 Å². The van der Waals surface area contributed by atoms with Gasteiger partial charge in [0, 0.05) is 0 Å². The molecule has 0 heterocycles. The molecule has 0 atom stereocenters. The highest BCUT2D eigenvalue weighted by Gasteiger charge is 2.07. The molecular weight excluding hydrogens is 255 g/mol. The molecule has 0 aliphatic rings. The first-order valence-corrected chi connectivity index (χ1v) is 7.26. The third kappa shape index (κ3) is 2.90. The van der Waals surface area contributed by atoms with Crippen LogP contribution in [-0.4, -0.2) is 10.2 Å². The van der Waals surface area contributed by atoms with Gasteiger partial charge in [-0.2, -0.15) is 0 Å². The topological polar surface area (TPSA) is 40.5 Å². The van der Waals surface area contributed by atoms with Crippen LogP contribution >= 0.6 is 8.58 Å². The second-order valence-corrected chi connectivity index (χ2v) is 6.45. The quantitative estimate of drug-likeness (QED) is 0.827. The summed E-state index contributed by atoms with van der Waals surface area (Å²) in [6, 6.07) is 8.10. The van der Waals surface area contributed by atoms with E-state index in [1.165, 1.54) is 10.6 Å².